The minimum atomic E-state index is -4.99. The fourth-order valence-corrected chi connectivity index (χ4v) is 4.46. The number of amides is 2. The second-order valence-corrected chi connectivity index (χ2v) is 9.47. The predicted octanol–water partition coefficient (Wildman–Crippen LogP) is 2.68. The maximum Gasteiger partial charge on any atom is 0.434 e. The summed E-state index contributed by atoms with van der Waals surface area (Å²) in [6.45, 7) is 2.88. The number of alkyl halides is 3. The SMILES string of the molecule is CCOC(=O)c1cc(C#N)c(N2CCN(C(=O)NS(=O)(=O)c3ccc(C)cc3)CC2)nc1C(F)(F)F. The molecule has 0 atom stereocenters. The Morgan fingerprint density at radius 2 is 1.78 bits per heavy atom. The number of hydrogen-bond acceptors (Lipinski definition) is 8. The molecule has 14 heteroatoms. The van der Waals surface area contributed by atoms with Crippen molar-refractivity contribution in [1.82, 2.24) is 14.6 Å². The van der Waals surface area contributed by atoms with Gasteiger partial charge in [0.2, 0.25) is 0 Å². The number of aryl methyl sites for hydroxylation is 1. The molecule has 3 rings (SSSR count). The first kappa shape index (κ1) is 26.7. The van der Waals surface area contributed by atoms with E-state index in [1.54, 1.807) is 25.1 Å². The number of nitrogens with one attached hydrogen (secondary N) is 1. The zero-order valence-corrected chi connectivity index (χ0v) is 20.1. The maximum absolute atomic E-state index is 13.6. The van der Waals surface area contributed by atoms with E-state index in [2.05, 4.69) is 9.72 Å². The molecular weight excluding hydrogens is 503 g/mol. The van der Waals surface area contributed by atoms with Gasteiger partial charge in [0.05, 0.1) is 22.6 Å². The van der Waals surface area contributed by atoms with Gasteiger partial charge >= 0.3 is 18.2 Å². The first-order valence-corrected chi connectivity index (χ1v) is 12.2. The molecule has 1 fully saturated rings. The van der Waals surface area contributed by atoms with E-state index in [1.165, 1.54) is 28.9 Å². The number of rotatable bonds is 5. The van der Waals surface area contributed by atoms with Crippen molar-refractivity contribution in [2.45, 2.75) is 24.9 Å². The Morgan fingerprint density at radius 3 is 2.31 bits per heavy atom. The molecular formula is C22H22F3N5O5S. The number of esters is 1. The van der Waals surface area contributed by atoms with Crippen LogP contribution in [-0.4, -0.2) is 63.1 Å². The van der Waals surface area contributed by atoms with Gasteiger partial charge in [0.1, 0.15) is 11.9 Å². The summed E-state index contributed by atoms with van der Waals surface area (Å²) in [5.41, 5.74) is -1.79. The number of aromatic nitrogens is 1. The van der Waals surface area contributed by atoms with Gasteiger partial charge in [0.25, 0.3) is 10.0 Å². The molecule has 0 saturated carbocycles. The molecule has 0 spiro atoms. The van der Waals surface area contributed by atoms with E-state index in [4.69, 9.17) is 0 Å². The summed E-state index contributed by atoms with van der Waals surface area (Å²) in [5, 5.41) is 9.48. The van der Waals surface area contributed by atoms with E-state index in [1.807, 2.05) is 4.72 Å². The molecule has 0 aliphatic carbocycles. The Morgan fingerprint density at radius 1 is 1.17 bits per heavy atom. The number of carbonyl (C=O) groups excluding carboxylic acids is 2. The van der Waals surface area contributed by atoms with Crippen LogP contribution in [0.2, 0.25) is 0 Å². The average Bonchev–Trinajstić information content (AvgIpc) is 2.83. The standard InChI is InChI=1S/C22H22F3N5O5S/c1-3-35-20(31)17-12-15(13-26)19(27-18(17)22(23,24)25)29-8-10-30(11-9-29)21(32)28-36(33,34)16-6-4-14(2)5-7-16/h4-7,12H,3,8-11H2,1-2H3,(H,28,32). The summed E-state index contributed by atoms with van der Waals surface area (Å²) in [6.07, 6.45) is -4.99. The molecule has 10 nitrogen and oxygen atoms in total. The molecule has 1 aliphatic heterocycles. The van der Waals surface area contributed by atoms with E-state index >= 15 is 0 Å². The van der Waals surface area contributed by atoms with Crippen molar-refractivity contribution in [2.24, 2.45) is 0 Å². The summed E-state index contributed by atoms with van der Waals surface area (Å²) in [6, 6.07) is 7.52. The van der Waals surface area contributed by atoms with Gasteiger partial charge in [0.15, 0.2) is 5.69 Å². The van der Waals surface area contributed by atoms with Crippen molar-refractivity contribution in [2.75, 3.05) is 37.7 Å². The van der Waals surface area contributed by atoms with E-state index in [-0.39, 0.29) is 49.1 Å². The topological polar surface area (TPSA) is 133 Å². The number of anilines is 1. The fraction of sp³-hybridized carbons (Fsp3) is 0.364. The highest BCUT2D eigenvalue weighted by Gasteiger charge is 2.40. The number of carbonyl (C=O) groups is 2. The fourth-order valence-electron chi connectivity index (χ4n) is 3.48. The molecule has 1 N–H and O–H groups in total. The van der Waals surface area contributed by atoms with Gasteiger partial charge in [-0.25, -0.2) is 27.7 Å². The number of pyridine rings is 1. The van der Waals surface area contributed by atoms with Crippen LogP contribution in [0.25, 0.3) is 0 Å². The van der Waals surface area contributed by atoms with Crippen molar-refractivity contribution in [3.8, 4) is 6.07 Å². The maximum atomic E-state index is 13.6. The van der Waals surface area contributed by atoms with Crippen molar-refractivity contribution < 1.29 is 35.9 Å². The van der Waals surface area contributed by atoms with Crippen LogP contribution in [0.3, 0.4) is 0 Å². The number of benzene rings is 1. The second-order valence-electron chi connectivity index (χ2n) is 7.78. The second kappa shape index (κ2) is 10.4. The predicted molar refractivity (Wildman–Crippen MR) is 121 cm³/mol. The quantitative estimate of drug-likeness (QED) is 0.590. The lowest BCUT2D eigenvalue weighted by Gasteiger charge is -2.35. The monoisotopic (exact) mass is 525 g/mol. The summed E-state index contributed by atoms with van der Waals surface area (Å²) in [4.78, 5) is 30.6. The average molecular weight is 526 g/mol. The van der Waals surface area contributed by atoms with Crippen molar-refractivity contribution in [3.63, 3.8) is 0 Å². The summed E-state index contributed by atoms with van der Waals surface area (Å²) < 4.78 is 72.5. The molecule has 2 amide bonds. The largest absolute Gasteiger partial charge is 0.462 e. The Balaban J connectivity index is 1.78. The molecule has 192 valence electrons. The third-order valence-corrected chi connectivity index (χ3v) is 6.64. The Hall–Kier alpha value is -3.86. The number of nitrogens with zero attached hydrogens (tertiary/aromatic N) is 4. The summed E-state index contributed by atoms with van der Waals surface area (Å²) in [7, 11) is -4.12. The molecule has 36 heavy (non-hydrogen) atoms. The first-order chi connectivity index (χ1) is 16.9. The minimum absolute atomic E-state index is 0.0320. The van der Waals surface area contributed by atoms with Crippen LogP contribution in [0, 0.1) is 18.3 Å². The van der Waals surface area contributed by atoms with E-state index in [0.717, 1.165) is 11.6 Å². The Bertz CT molecular complexity index is 1300. The third-order valence-electron chi connectivity index (χ3n) is 5.31. The van der Waals surface area contributed by atoms with Crippen LogP contribution in [-0.2, 0) is 20.9 Å². The minimum Gasteiger partial charge on any atom is -0.462 e. The highest BCUT2D eigenvalue weighted by Crippen LogP contribution is 2.34. The molecule has 2 heterocycles. The van der Waals surface area contributed by atoms with Crippen LogP contribution in [0.15, 0.2) is 35.2 Å². The van der Waals surface area contributed by atoms with Gasteiger partial charge in [-0.3, -0.25) is 0 Å². The number of urea groups is 1. The zero-order chi connectivity index (χ0) is 26.7. The molecule has 1 saturated heterocycles. The Kier molecular flexibility index (Phi) is 7.73. The summed E-state index contributed by atoms with van der Waals surface area (Å²) >= 11 is 0. The molecule has 1 aliphatic rings. The number of piperazine rings is 1. The zero-order valence-electron chi connectivity index (χ0n) is 19.3. The lowest BCUT2D eigenvalue weighted by molar-refractivity contribution is -0.141. The number of nitriles is 1. The van der Waals surface area contributed by atoms with Crippen molar-refractivity contribution >= 4 is 27.8 Å². The number of halogens is 3. The van der Waals surface area contributed by atoms with Gasteiger partial charge in [-0.2, -0.15) is 18.4 Å². The molecule has 0 unspecified atom stereocenters. The highest BCUT2D eigenvalue weighted by atomic mass is 32.2. The lowest BCUT2D eigenvalue weighted by Crippen LogP contribution is -2.53. The normalized spacial score (nSPS) is 14.2. The van der Waals surface area contributed by atoms with Gasteiger partial charge in [-0.05, 0) is 32.0 Å². The van der Waals surface area contributed by atoms with Crippen LogP contribution in [0.1, 0.15) is 34.1 Å². The van der Waals surface area contributed by atoms with Crippen LogP contribution in [0.4, 0.5) is 23.8 Å². The molecule has 0 bridgehead atoms. The lowest BCUT2D eigenvalue weighted by atomic mass is 10.1. The molecule has 1 aromatic heterocycles. The summed E-state index contributed by atoms with van der Waals surface area (Å²) in [5.74, 6) is -1.55. The smallest absolute Gasteiger partial charge is 0.434 e. The van der Waals surface area contributed by atoms with Crippen LogP contribution in [0.5, 0.6) is 0 Å². The van der Waals surface area contributed by atoms with Crippen molar-refractivity contribution in [3.05, 3.63) is 52.7 Å². The van der Waals surface area contributed by atoms with Gasteiger partial charge < -0.3 is 14.5 Å². The Labute approximate surface area is 205 Å². The third kappa shape index (κ3) is 5.85. The highest BCUT2D eigenvalue weighted by molar-refractivity contribution is 7.90. The van der Waals surface area contributed by atoms with Crippen LogP contribution >= 0.6 is 0 Å². The number of sulfonamides is 1. The first-order valence-electron chi connectivity index (χ1n) is 10.7. The van der Waals surface area contributed by atoms with E-state index < -0.39 is 39.5 Å². The van der Waals surface area contributed by atoms with Crippen LogP contribution < -0.4 is 9.62 Å². The van der Waals surface area contributed by atoms with Gasteiger partial charge in [-0.1, -0.05) is 17.7 Å². The molecule has 1 aromatic carbocycles. The number of ether oxygens (including phenoxy) is 1. The molecule has 2 aromatic rings. The van der Waals surface area contributed by atoms with E-state index in [9.17, 15) is 36.4 Å². The van der Waals surface area contributed by atoms with Gasteiger partial charge in [0, 0.05) is 26.2 Å². The number of hydrogen-bond donors (Lipinski definition) is 1. The van der Waals surface area contributed by atoms with E-state index in [0.29, 0.717) is 0 Å². The van der Waals surface area contributed by atoms with Crippen molar-refractivity contribution in [1.29, 1.82) is 5.26 Å². The van der Waals surface area contributed by atoms with Gasteiger partial charge in [-0.15, -0.1) is 0 Å². The molecule has 0 radical (unpaired) electrons.